The second-order valence-electron chi connectivity index (χ2n) is 6.09. The molecular formula is C19H14F3N3O. The van der Waals surface area contributed by atoms with Crippen LogP contribution in [0, 0.1) is 0 Å². The molecule has 0 radical (unpaired) electrons. The van der Waals surface area contributed by atoms with E-state index in [-0.39, 0.29) is 5.91 Å². The van der Waals surface area contributed by atoms with Crippen molar-refractivity contribution >= 4 is 33.4 Å². The van der Waals surface area contributed by atoms with Crippen molar-refractivity contribution < 1.29 is 18.0 Å². The first-order valence-corrected chi connectivity index (χ1v) is 7.88. The van der Waals surface area contributed by atoms with E-state index in [2.05, 4.69) is 10.3 Å². The molecule has 0 aliphatic heterocycles. The van der Waals surface area contributed by atoms with Crippen molar-refractivity contribution in [2.75, 3.05) is 5.32 Å². The van der Waals surface area contributed by atoms with Crippen LogP contribution in [-0.2, 0) is 13.2 Å². The van der Waals surface area contributed by atoms with E-state index < -0.39 is 11.7 Å². The van der Waals surface area contributed by atoms with Gasteiger partial charge in [0.05, 0.1) is 16.8 Å². The first kappa shape index (κ1) is 16.3. The molecule has 2 aromatic heterocycles. The number of hydrogen-bond donors (Lipinski definition) is 2. The lowest BCUT2D eigenvalue weighted by Gasteiger charge is -2.07. The molecule has 2 heterocycles. The predicted molar refractivity (Wildman–Crippen MR) is 94.2 cm³/mol. The van der Waals surface area contributed by atoms with E-state index in [4.69, 9.17) is 0 Å². The summed E-state index contributed by atoms with van der Waals surface area (Å²) in [4.78, 5) is 15.8. The number of aromatic nitrogens is 2. The van der Waals surface area contributed by atoms with Gasteiger partial charge in [-0.3, -0.25) is 4.79 Å². The number of aromatic amines is 1. The number of anilines is 1. The molecule has 7 heteroatoms. The summed E-state index contributed by atoms with van der Waals surface area (Å²) in [6.07, 6.45) is -1.20. The van der Waals surface area contributed by atoms with Crippen molar-refractivity contribution in [1.29, 1.82) is 0 Å². The maximum atomic E-state index is 12.9. The van der Waals surface area contributed by atoms with Crippen molar-refractivity contribution in [3.8, 4) is 0 Å². The van der Waals surface area contributed by atoms with Crippen LogP contribution in [0.15, 0.2) is 54.9 Å². The number of carbonyl (C=O) groups excluding carboxylic acids is 1. The predicted octanol–water partition coefficient (Wildman–Crippen LogP) is 4.93. The highest BCUT2D eigenvalue weighted by molar-refractivity contribution is 6.15. The zero-order valence-electron chi connectivity index (χ0n) is 13.7. The summed E-state index contributed by atoms with van der Waals surface area (Å²) in [7, 11) is 1.62. The topological polar surface area (TPSA) is 49.8 Å². The third-order valence-corrected chi connectivity index (χ3v) is 4.40. The van der Waals surface area contributed by atoms with Gasteiger partial charge < -0.3 is 14.9 Å². The van der Waals surface area contributed by atoms with Crippen LogP contribution in [0.4, 0.5) is 18.9 Å². The Morgan fingerprint density at radius 2 is 1.88 bits per heavy atom. The Hall–Kier alpha value is -3.22. The molecule has 2 N–H and O–H groups in total. The second-order valence-corrected chi connectivity index (χ2v) is 6.09. The average molecular weight is 357 g/mol. The number of hydrogen-bond acceptors (Lipinski definition) is 1. The van der Waals surface area contributed by atoms with Crippen LogP contribution >= 0.6 is 0 Å². The SMILES string of the molecule is Cn1cc(C(=O)Nc2c[nH]c3ccccc23)c2ccc(C(F)(F)F)cc21. The number of para-hydroxylation sites is 1. The number of rotatable bonds is 2. The quantitative estimate of drug-likeness (QED) is 0.525. The maximum absolute atomic E-state index is 12.9. The van der Waals surface area contributed by atoms with Crippen molar-refractivity contribution in [2.24, 2.45) is 7.05 Å². The van der Waals surface area contributed by atoms with Gasteiger partial charge in [-0.15, -0.1) is 0 Å². The van der Waals surface area contributed by atoms with E-state index in [9.17, 15) is 18.0 Å². The van der Waals surface area contributed by atoms with Gasteiger partial charge in [-0.1, -0.05) is 24.3 Å². The monoisotopic (exact) mass is 357 g/mol. The Morgan fingerprint density at radius 3 is 2.65 bits per heavy atom. The van der Waals surface area contributed by atoms with Crippen LogP contribution < -0.4 is 5.32 Å². The number of nitrogens with one attached hydrogen (secondary N) is 2. The molecule has 0 fully saturated rings. The standard InChI is InChI=1S/C19H14F3N3O/c1-25-10-14(12-7-6-11(8-17(12)25)19(20,21)22)18(26)24-16-9-23-15-5-3-2-4-13(15)16/h2-10,23H,1H3,(H,24,26). The smallest absolute Gasteiger partial charge is 0.359 e. The zero-order valence-corrected chi connectivity index (χ0v) is 13.7. The number of halogens is 3. The van der Waals surface area contributed by atoms with E-state index in [0.29, 0.717) is 22.2 Å². The van der Waals surface area contributed by atoms with Crippen LogP contribution in [0.3, 0.4) is 0 Å². The van der Waals surface area contributed by atoms with Gasteiger partial charge in [-0.25, -0.2) is 0 Å². The maximum Gasteiger partial charge on any atom is 0.416 e. The number of H-pyrrole nitrogens is 1. The number of benzene rings is 2. The third kappa shape index (κ3) is 2.61. The average Bonchev–Trinajstić information content (AvgIpc) is 3.16. The van der Waals surface area contributed by atoms with E-state index in [1.54, 1.807) is 13.2 Å². The minimum atomic E-state index is -4.43. The Morgan fingerprint density at radius 1 is 1.12 bits per heavy atom. The highest BCUT2D eigenvalue weighted by atomic mass is 19.4. The summed E-state index contributed by atoms with van der Waals surface area (Å²) in [5.74, 6) is -0.375. The van der Waals surface area contributed by atoms with Gasteiger partial charge in [-0.05, 0) is 18.2 Å². The van der Waals surface area contributed by atoms with E-state index in [0.717, 1.165) is 23.0 Å². The van der Waals surface area contributed by atoms with Crippen LogP contribution in [0.5, 0.6) is 0 Å². The van der Waals surface area contributed by atoms with E-state index in [1.807, 2.05) is 24.3 Å². The largest absolute Gasteiger partial charge is 0.416 e. The molecule has 0 saturated carbocycles. The molecule has 0 spiro atoms. The van der Waals surface area contributed by atoms with Crippen LogP contribution in [0.2, 0.25) is 0 Å². The van der Waals surface area contributed by atoms with Crippen molar-refractivity contribution in [3.63, 3.8) is 0 Å². The van der Waals surface area contributed by atoms with E-state index >= 15 is 0 Å². The molecule has 4 rings (SSSR count). The molecule has 0 bridgehead atoms. The zero-order chi connectivity index (χ0) is 18.5. The van der Waals surface area contributed by atoms with Gasteiger partial charge in [0.25, 0.3) is 5.91 Å². The molecule has 0 atom stereocenters. The molecule has 0 saturated heterocycles. The Bertz CT molecular complexity index is 1140. The summed E-state index contributed by atoms with van der Waals surface area (Å²) in [6.45, 7) is 0. The Balaban J connectivity index is 1.73. The number of fused-ring (bicyclic) bond motifs is 2. The summed E-state index contributed by atoms with van der Waals surface area (Å²) >= 11 is 0. The number of amides is 1. The van der Waals surface area contributed by atoms with Gasteiger partial charge in [-0.2, -0.15) is 13.2 Å². The molecule has 0 unspecified atom stereocenters. The molecule has 0 aliphatic carbocycles. The number of carbonyl (C=O) groups is 1. The fraction of sp³-hybridized carbons (Fsp3) is 0.105. The molecule has 4 aromatic rings. The molecule has 132 valence electrons. The summed E-state index contributed by atoms with van der Waals surface area (Å²) in [5.41, 5.74) is 1.44. The molecule has 2 aromatic carbocycles. The Labute approximate surface area is 146 Å². The first-order chi connectivity index (χ1) is 12.3. The summed E-state index contributed by atoms with van der Waals surface area (Å²) < 4.78 is 40.3. The number of aryl methyl sites for hydroxylation is 1. The molecule has 1 amide bonds. The van der Waals surface area contributed by atoms with Crippen LogP contribution in [0.1, 0.15) is 15.9 Å². The minimum absolute atomic E-state index is 0.321. The molecular weight excluding hydrogens is 343 g/mol. The fourth-order valence-corrected chi connectivity index (χ4v) is 3.11. The first-order valence-electron chi connectivity index (χ1n) is 7.88. The lowest BCUT2D eigenvalue weighted by molar-refractivity contribution is -0.137. The molecule has 0 aliphatic rings. The molecule has 26 heavy (non-hydrogen) atoms. The molecule has 4 nitrogen and oxygen atoms in total. The van der Waals surface area contributed by atoms with Gasteiger partial charge in [0.15, 0.2) is 0 Å². The highest BCUT2D eigenvalue weighted by Gasteiger charge is 2.31. The van der Waals surface area contributed by atoms with Gasteiger partial charge >= 0.3 is 6.18 Å². The van der Waals surface area contributed by atoms with Gasteiger partial charge in [0.2, 0.25) is 0 Å². The van der Waals surface area contributed by atoms with Gasteiger partial charge in [0.1, 0.15) is 0 Å². The van der Waals surface area contributed by atoms with E-state index in [1.165, 1.54) is 16.8 Å². The van der Waals surface area contributed by atoms with Crippen molar-refractivity contribution in [3.05, 3.63) is 66.0 Å². The second kappa shape index (κ2) is 5.66. The fourth-order valence-electron chi connectivity index (χ4n) is 3.11. The summed E-state index contributed by atoms with van der Waals surface area (Å²) in [6, 6.07) is 10.9. The lowest BCUT2D eigenvalue weighted by Crippen LogP contribution is -2.11. The highest BCUT2D eigenvalue weighted by Crippen LogP contribution is 2.33. The van der Waals surface area contributed by atoms with Crippen molar-refractivity contribution in [1.82, 2.24) is 9.55 Å². The normalized spacial score (nSPS) is 12.0. The third-order valence-electron chi connectivity index (χ3n) is 4.40. The summed E-state index contributed by atoms with van der Waals surface area (Å²) in [5, 5.41) is 4.16. The number of nitrogens with zero attached hydrogens (tertiary/aromatic N) is 1. The lowest BCUT2D eigenvalue weighted by atomic mass is 10.1. The van der Waals surface area contributed by atoms with Crippen molar-refractivity contribution in [2.45, 2.75) is 6.18 Å². The van der Waals surface area contributed by atoms with Crippen LogP contribution in [-0.4, -0.2) is 15.5 Å². The Kier molecular flexibility index (Phi) is 3.54. The number of alkyl halides is 3. The van der Waals surface area contributed by atoms with Crippen LogP contribution in [0.25, 0.3) is 21.8 Å². The van der Waals surface area contributed by atoms with Gasteiger partial charge in [0, 0.05) is 41.2 Å². The minimum Gasteiger partial charge on any atom is -0.359 e.